The van der Waals surface area contributed by atoms with E-state index in [-0.39, 0.29) is 0 Å². The van der Waals surface area contributed by atoms with Crippen molar-refractivity contribution >= 4 is 17.2 Å². The number of aromatic nitrogens is 1. The number of fused-ring (bicyclic) bond motifs is 1. The van der Waals surface area contributed by atoms with Crippen LogP contribution in [-0.4, -0.2) is 45.6 Å². The van der Waals surface area contributed by atoms with E-state index >= 15 is 0 Å². The number of carbonyl (C=O) groups excluding carboxylic acids is 1. The molecule has 0 amide bonds. The summed E-state index contributed by atoms with van der Waals surface area (Å²) >= 11 is 0. The summed E-state index contributed by atoms with van der Waals surface area (Å²) in [7, 11) is 0. The fraction of sp³-hybridized carbons (Fsp3) is 0.526. The lowest BCUT2D eigenvalue weighted by Gasteiger charge is -2.40. The number of benzene rings is 1. The maximum atomic E-state index is 11.2. The second-order valence-corrected chi connectivity index (χ2v) is 6.85. The van der Waals surface area contributed by atoms with Gasteiger partial charge in [0, 0.05) is 47.8 Å². The predicted molar refractivity (Wildman–Crippen MR) is 92.8 cm³/mol. The summed E-state index contributed by atoms with van der Waals surface area (Å²) in [5.41, 5.74) is 1.70. The van der Waals surface area contributed by atoms with Crippen molar-refractivity contribution in [3.05, 3.63) is 36.0 Å². The molecule has 2 aromatic rings. The van der Waals surface area contributed by atoms with Crippen molar-refractivity contribution in [2.75, 3.05) is 6.54 Å². The number of β-amino-alcohol motifs (C(OH)–C–C–N with tert-alkyl or cyclic N) is 1. The van der Waals surface area contributed by atoms with Crippen LogP contribution in [0.1, 0.15) is 43.5 Å². The second-order valence-electron chi connectivity index (χ2n) is 6.85. The molecule has 2 heterocycles. The van der Waals surface area contributed by atoms with Crippen molar-refractivity contribution in [2.24, 2.45) is 0 Å². The Morgan fingerprint density at radius 1 is 1.22 bits per heavy atom. The number of aliphatic hydroxyl groups is 1. The first-order chi connectivity index (χ1) is 11.1. The summed E-state index contributed by atoms with van der Waals surface area (Å²) in [6, 6.07) is 8.92. The Kier molecular flexibility index (Phi) is 4.83. The molecule has 1 saturated heterocycles. The van der Waals surface area contributed by atoms with Crippen LogP contribution < -0.4 is 0 Å². The normalized spacial score (nSPS) is 24.0. The molecule has 3 atom stereocenters. The first-order valence-electron chi connectivity index (χ1n) is 8.57. The minimum Gasteiger partial charge on any atom is -0.390 e. The van der Waals surface area contributed by atoms with Crippen molar-refractivity contribution in [1.29, 1.82) is 0 Å². The van der Waals surface area contributed by atoms with Gasteiger partial charge in [-0.3, -0.25) is 9.69 Å². The number of piperidine rings is 1. The van der Waals surface area contributed by atoms with Crippen LogP contribution in [0.4, 0.5) is 0 Å². The van der Waals surface area contributed by atoms with E-state index in [1.807, 2.05) is 35.0 Å². The monoisotopic (exact) mass is 314 g/mol. The van der Waals surface area contributed by atoms with Gasteiger partial charge in [0.15, 0.2) is 6.29 Å². The van der Waals surface area contributed by atoms with Crippen LogP contribution in [0.3, 0.4) is 0 Å². The minimum absolute atomic E-state index is 0.437. The first kappa shape index (κ1) is 16.2. The summed E-state index contributed by atoms with van der Waals surface area (Å²) in [4.78, 5) is 13.7. The standard InChI is InChI=1S/C19H26N2O2/c1-14-6-5-7-15(2)21(14)12-17(23)11-20-10-16(13-22)18-8-3-4-9-19(18)20/h3-4,8-10,13-15,17,23H,5-7,11-12H2,1-2H3/t14-,15-,17-/m0/s1. The molecule has 0 saturated carbocycles. The van der Waals surface area contributed by atoms with Gasteiger partial charge in [-0.2, -0.15) is 0 Å². The van der Waals surface area contributed by atoms with Gasteiger partial charge in [0.2, 0.25) is 0 Å². The van der Waals surface area contributed by atoms with Gasteiger partial charge in [-0.25, -0.2) is 0 Å². The van der Waals surface area contributed by atoms with E-state index in [2.05, 4.69) is 18.7 Å². The van der Waals surface area contributed by atoms with Crippen LogP contribution in [0.5, 0.6) is 0 Å². The molecule has 0 bridgehead atoms. The third-order valence-electron chi connectivity index (χ3n) is 5.15. The van der Waals surface area contributed by atoms with Crippen LogP contribution in [0, 0.1) is 0 Å². The van der Waals surface area contributed by atoms with Crippen LogP contribution in [0.15, 0.2) is 30.5 Å². The van der Waals surface area contributed by atoms with Crippen molar-refractivity contribution in [1.82, 2.24) is 9.47 Å². The number of rotatable bonds is 5. The summed E-state index contributed by atoms with van der Waals surface area (Å²) in [6.07, 6.45) is 6.00. The van der Waals surface area contributed by atoms with E-state index < -0.39 is 6.10 Å². The highest BCUT2D eigenvalue weighted by atomic mass is 16.3. The van der Waals surface area contributed by atoms with E-state index in [4.69, 9.17) is 0 Å². The lowest BCUT2D eigenvalue weighted by molar-refractivity contribution is 0.0352. The van der Waals surface area contributed by atoms with Gasteiger partial charge in [0.1, 0.15) is 0 Å². The number of aldehydes is 1. The van der Waals surface area contributed by atoms with Gasteiger partial charge in [-0.1, -0.05) is 24.6 Å². The number of hydrogen-bond donors (Lipinski definition) is 1. The van der Waals surface area contributed by atoms with Crippen molar-refractivity contribution < 1.29 is 9.90 Å². The summed E-state index contributed by atoms with van der Waals surface area (Å²) in [5, 5.41) is 11.5. The minimum atomic E-state index is -0.437. The average Bonchev–Trinajstić information content (AvgIpc) is 2.89. The maximum absolute atomic E-state index is 11.2. The maximum Gasteiger partial charge on any atom is 0.152 e. The summed E-state index contributed by atoms with van der Waals surface area (Å²) in [5.74, 6) is 0. The van der Waals surface area contributed by atoms with Gasteiger partial charge < -0.3 is 9.67 Å². The van der Waals surface area contributed by atoms with Crippen LogP contribution in [-0.2, 0) is 6.54 Å². The molecule has 4 heteroatoms. The van der Waals surface area contributed by atoms with Crippen molar-refractivity contribution in [3.8, 4) is 0 Å². The third-order valence-corrected chi connectivity index (χ3v) is 5.15. The average molecular weight is 314 g/mol. The molecule has 0 spiro atoms. The smallest absolute Gasteiger partial charge is 0.152 e. The number of para-hydroxylation sites is 1. The van der Waals surface area contributed by atoms with Crippen LogP contribution in [0.2, 0.25) is 0 Å². The molecule has 1 aromatic carbocycles. The van der Waals surface area contributed by atoms with Gasteiger partial charge in [-0.15, -0.1) is 0 Å². The highest BCUT2D eigenvalue weighted by Crippen LogP contribution is 2.24. The molecule has 0 unspecified atom stereocenters. The Hall–Kier alpha value is -1.65. The summed E-state index contributed by atoms with van der Waals surface area (Å²) < 4.78 is 2.00. The number of nitrogens with zero attached hydrogens (tertiary/aromatic N) is 2. The molecule has 0 aliphatic carbocycles. The molecule has 4 nitrogen and oxygen atoms in total. The quantitative estimate of drug-likeness (QED) is 0.863. The lowest BCUT2D eigenvalue weighted by Crippen LogP contribution is -2.47. The zero-order valence-electron chi connectivity index (χ0n) is 14.0. The van der Waals surface area contributed by atoms with E-state index in [0.29, 0.717) is 30.7 Å². The Bertz CT molecular complexity index is 669. The first-order valence-corrected chi connectivity index (χ1v) is 8.57. The molecule has 23 heavy (non-hydrogen) atoms. The topological polar surface area (TPSA) is 45.5 Å². The number of likely N-dealkylation sites (tertiary alicyclic amines) is 1. The van der Waals surface area contributed by atoms with Crippen LogP contribution >= 0.6 is 0 Å². The fourth-order valence-corrected chi connectivity index (χ4v) is 3.88. The van der Waals surface area contributed by atoms with E-state index in [9.17, 15) is 9.90 Å². The van der Waals surface area contributed by atoms with E-state index in [1.165, 1.54) is 19.3 Å². The molecule has 1 fully saturated rings. The molecule has 1 aromatic heterocycles. The van der Waals surface area contributed by atoms with Gasteiger partial charge in [-0.05, 0) is 32.8 Å². The molecular formula is C19H26N2O2. The van der Waals surface area contributed by atoms with Gasteiger partial charge >= 0.3 is 0 Å². The molecule has 1 aliphatic heterocycles. The predicted octanol–water partition coefficient (Wildman–Crippen LogP) is 3.08. The molecule has 1 aliphatic rings. The number of hydrogen-bond acceptors (Lipinski definition) is 3. The highest BCUT2D eigenvalue weighted by molar-refractivity contribution is 5.97. The largest absolute Gasteiger partial charge is 0.390 e. The van der Waals surface area contributed by atoms with Crippen LogP contribution in [0.25, 0.3) is 10.9 Å². The third kappa shape index (κ3) is 3.33. The zero-order chi connectivity index (χ0) is 16.4. The Balaban J connectivity index is 1.75. The Morgan fingerprint density at radius 2 is 1.91 bits per heavy atom. The zero-order valence-corrected chi connectivity index (χ0v) is 14.0. The molecule has 124 valence electrons. The van der Waals surface area contributed by atoms with Gasteiger partial charge in [0.05, 0.1) is 6.10 Å². The molecular weight excluding hydrogens is 288 g/mol. The lowest BCUT2D eigenvalue weighted by atomic mass is 9.97. The summed E-state index contributed by atoms with van der Waals surface area (Å²) in [6.45, 7) is 5.70. The SMILES string of the molecule is C[C@H]1CCC[C@H](C)N1C[C@@H](O)Cn1cc(C=O)c2ccccc21. The van der Waals surface area contributed by atoms with E-state index in [0.717, 1.165) is 17.2 Å². The molecule has 3 rings (SSSR count). The Labute approximate surface area is 137 Å². The molecule has 0 radical (unpaired) electrons. The number of carbonyl (C=O) groups is 1. The Morgan fingerprint density at radius 3 is 2.61 bits per heavy atom. The van der Waals surface area contributed by atoms with Gasteiger partial charge in [0.25, 0.3) is 0 Å². The van der Waals surface area contributed by atoms with Crippen molar-refractivity contribution in [3.63, 3.8) is 0 Å². The van der Waals surface area contributed by atoms with Crippen molar-refractivity contribution in [2.45, 2.75) is 57.8 Å². The number of aliphatic hydroxyl groups excluding tert-OH is 1. The van der Waals surface area contributed by atoms with E-state index in [1.54, 1.807) is 0 Å². The molecule has 1 N–H and O–H groups in total. The fourth-order valence-electron chi connectivity index (χ4n) is 3.88. The highest BCUT2D eigenvalue weighted by Gasteiger charge is 2.26. The second kappa shape index (κ2) is 6.85.